The summed E-state index contributed by atoms with van der Waals surface area (Å²) in [5, 5.41) is 6.30. The highest BCUT2D eigenvalue weighted by Crippen LogP contribution is 2.25. The molecule has 1 atom stereocenters. The molecule has 118 valence electrons. The van der Waals surface area contributed by atoms with Gasteiger partial charge in [0.15, 0.2) is 0 Å². The second kappa shape index (κ2) is 6.42. The molecule has 1 unspecified atom stereocenters. The smallest absolute Gasteiger partial charge is 0.304 e. The lowest BCUT2D eigenvalue weighted by atomic mass is 10.1. The van der Waals surface area contributed by atoms with Gasteiger partial charge < -0.3 is 25.8 Å². The number of carbonyl (C=O) groups is 1. The Balaban J connectivity index is 2.44. The maximum Gasteiger partial charge on any atom is 0.304 e. The fourth-order valence-corrected chi connectivity index (χ4v) is 2.61. The van der Waals surface area contributed by atoms with E-state index in [0.717, 1.165) is 5.57 Å². The summed E-state index contributed by atoms with van der Waals surface area (Å²) in [6, 6.07) is 0. The minimum absolute atomic E-state index is 0.244. The summed E-state index contributed by atoms with van der Waals surface area (Å²) in [5.41, 5.74) is 6.50. The second-order valence-electron chi connectivity index (χ2n) is 4.82. The van der Waals surface area contributed by atoms with E-state index in [1.54, 1.807) is 14.2 Å². The highest BCUT2D eigenvalue weighted by molar-refractivity contribution is 6.45. The SMILES string of the molecule is CCC1=C(NC)NC(OC)(N2CCOCC2)N=C1C(N)=O. The lowest BCUT2D eigenvalue weighted by Gasteiger charge is -2.44. The minimum Gasteiger partial charge on any atom is -0.379 e. The Morgan fingerprint density at radius 2 is 2.24 bits per heavy atom. The van der Waals surface area contributed by atoms with Crippen LogP contribution >= 0.6 is 0 Å². The molecule has 0 aliphatic carbocycles. The summed E-state index contributed by atoms with van der Waals surface area (Å²) in [5.74, 6) is -0.990. The van der Waals surface area contributed by atoms with Gasteiger partial charge in [-0.1, -0.05) is 6.92 Å². The molecule has 0 spiro atoms. The van der Waals surface area contributed by atoms with Crippen LogP contribution in [0.2, 0.25) is 0 Å². The predicted octanol–water partition coefficient (Wildman–Crippen LogP) is -1.05. The maximum atomic E-state index is 11.8. The third-order valence-corrected chi connectivity index (χ3v) is 3.70. The molecule has 8 nitrogen and oxygen atoms in total. The van der Waals surface area contributed by atoms with Gasteiger partial charge in [-0.15, -0.1) is 0 Å². The van der Waals surface area contributed by atoms with Crippen LogP contribution in [0.4, 0.5) is 0 Å². The van der Waals surface area contributed by atoms with E-state index < -0.39 is 11.9 Å². The number of primary amides is 1. The van der Waals surface area contributed by atoms with Gasteiger partial charge in [0.25, 0.3) is 5.91 Å². The first-order valence-electron chi connectivity index (χ1n) is 7.05. The number of nitrogens with zero attached hydrogens (tertiary/aromatic N) is 2. The van der Waals surface area contributed by atoms with Crippen molar-refractivity contribution in [2.24, 2.45) is 10.7 Å². The quantitative estimate of drug-likeness (QED) is 0.598. The topological polar surface area (TPSA) is 101 Å². The van der Waals surface area contributed by atoms with E-state index in [4.69, 9.17) is 15.2 Å². The number of carbonyl (C=O) groups excluding carboxylic acids is 1. The molecule has 0 saturated carbocycles. The van der Waals surface area contributed by atoms with Crippen molar-refractivity contribution in [3.05, 3.63) is 11.4 Å². The zero-order valence-electron chi connectivity index (χ0n) is 12.7. The second-order valence-corrected chi connectivity index (χ2v) is 4.82. The first-order valence-corrected chi connectivity index (χ1v) is 7.05. The Labute approximate surface area is 124 Å². The monoisotopic (exact) mass is 297 g/mol. The third-order valence-electron chi connectivity index (χ3n) is 3.70. The molecule has 0 radical (unpaired) electrons. The Morgan fingerprint density at radius 1 is 1.57 bits per heavy atom. The van der Waals surface area contributed by atoms with Gasteiger partial charge in [-0.25, -0.2) is 9.89 Å². The van der Waals surface area contributed by atoms with E-state index in [2.05, 4.69) is 15.6 Å². The number of nitrogens with two attached hydrogens (primary N) is 1. The van der Waals surface area contributed by atoms with Gasteiger partial charge in [0.1, 0.15) is 11.5 Å². The molecule has 1 saturated heterocycles. The van der Waals surface area contributed by atoms with Crippen LogP contribution < -0.4 is 16.4 Å². The van der Waals surface area contributed by atoms with Crippen molar-refractivity contribution in [3.8, 4) is 0 Å². The van der Waals surface area contributed by atoms with Crippen molar-refractivity contribution in [3.63, 3.8) is 0 Å². The van der Waals surface area contributed by atoms with Crippen LogP contribution in [-0.2, 0) is 14.3 Å². The third kappa shape index (κ3) is 2.87. The molecule has 4 N–H and O–H groups in total. The Morgan fingerprint density at radius 3 is 2.71 bits per heavy atom. The lowest BCUT2D eigenvalue weighted by molar-refractivity contribution is -0.173. The van der Waals surface area contributed by atoms with Crippen LogP contribution in [0.25, 0.3) is 0 Å². The van der Waals surface area contributed by atoms with Crippen LogP contribution in [0.5, 0.6) is 0 Å². The summed E-state index contributed by atoms with van der Waals surface area (Å²) in [6.07, 6.45) is 0.633. The molecule has 0 aromatic heterocycles. The summed E-state index contributed by atoms with van der Waals surface area (Å²) in [4.78, 5) is 18.3. The van der Waals surface area contributed by atoms with Gasteiger partial charge in [-0.3, -0.25) is 4.79 Å². The van der Waals surface area contributed by atoms with Crippen molar-refractivity contribution in [2.75, 3.05) is 40.5 Å². The van der Waals surface area contributed by atoms with E-state index in [0.29, 0.717) is 38.5 Å². The van der Waals surface area contributed by atoms with Gasteiger partial charge in [0.05, 0.1) is 13.2 Å². The molecule has 0 bridgehead atoms. The molecular formula is C13H23N5O3. The fourth-order valence-electron chi connectivity index (χ4n) is 2.61. The van der Waals surface area contributed by atoms with Gasteiger partial charge in [0.2, 0.25) is 0 Å². The van der Waals surface area contributed by atoms with Crippen LogP contribution in [-0.4, -0.2) is 63.0 Å². The molecule has 8 heteroatoms. The molecule has 2 aliphatic heterocycles. The number of hydrogen-bond acceptors (Lipinski definition) is 7. The minimum atomic E-state index is -1.13. The highest BCUT2D eigenvalue weighted by Gasteiger charge is 2.43. The number of morpholine rings is 1. The van der Waals surface area contributed by atoms with Gasteiger partial charge in [-0.05, 0) is 6.42 Å². The Kier molecular flexibility index (Phi) is 4.81. The molecule has 1 amide bonds. The lowest BCUT2D eigenvalue weighted by Crippen LogP contribution is -2.65. The van der Waals surface area contributed by atoms with Crippen molar-refractivity contribution in [2.45, 2.75) is 19.3 Å². The molecule has 2 heterocycles. The van der Waals surface area contributed by atoms with Crippen LogP contribution in [0, 0.1) is 0 Å². The Hall–Kier alpha value is -1.64. The largest absolute Gasteiger partial charge is 0.379 e. The van der Waals surface area contributed by atoms with Crippen molar-refractivity contribution >= 4 is 11.6 Å². The van der Waals surface area contributed by atoms with Gasteiger partial charge in [0, 0.05) is 32.8 Å². The van der Waals surface area contributed by atoms with E-state index in [1.165, 1.54) is 0 Å². The number of amides is 1. The number of rotatable bonds is 5. The van der Waals surface area contributed by atoms with Crippen molar-refractivity contribution in [1.82, 2.24) is 15.5 Å². The number of nitrogens with one attached hydrogen (secondary N) is 2. The number of ether oxygens (including phenoxy) is 2. The summed E-state index contributed by atoms with van der Waals surface area (Å²) < 4.78 is 11.0. The van der Waals surface area contributed by atoms with Gasteiger partial charge in [-0.2, -0.15) is 0 Å². The van der Waals surface area contributed by atoms with Crippen LogP contribution in [0.15, 0.2) is 16.4 Å². The fraction of sp³-hybridized carbons (Fsp3) is 0.692. The Bertz CT molecular complexity index is 470. The first-order chi connectivity index (χ1) is 10.1. The van der Waals surface area contributed by atoms with Crippen molar-refractivity contribution in [1.29, 1.82) is 0 Å². The molecule has 0 aromatic rings. The number of aliphatic imine (C=N–C) groups is 1. The normalized spacial score (nSPS) is 27.1. The number of hydrogen-bond donors (Lipinski definition) is 3. The molecule has 0 aromatic carbocycles. The first kappa shape index (κ1) is 15.7. The van der Waals surface area contributed by atoms with Crippen LogP contribution in [0.3, 0.4) is 0 Å². The standard InChI is InChI=1S/C13H23N5O3/c1-4-9-10(11(14)19)16-13(20-3,17-12(9)15-2)18-5-7-21-8-6-18/h15,17H,4-8H2,1-3H3,(H2,14,19). The molecule has 2 aliphatic rings. The van der Waals surface area contributed by atoms with E-state index >= 15 is 0 Å². The zero-order valence-corrected chi connectivity index (χ0v) is 12.7. The predicted molar refractivity (Wildman–Crippen MR) is 78.3 cm³/mol. The summed E-state index contributed by atoms with van der Waals surface area (Å²) in [7, 11) is 3.33. The molecule has 2 rings (SSSR count). The maximum absolute atomic E-state index is 11.8. The van der Waals surface area contributed by atoms with Gasteiger partial charge >= 0.3 is 5.97 Å². The summed E-state index contributed by atoms with van der Waals surface area (Å²) in [6.45, 7) is 4.42. The molecule has 1 fully saturated rings. The summed E-state index contributed by atoms with van der Waals surface area (Å²) >= 11 is 0. The van der Waals surface area contributed by atoms with Crippen molar-refractivity contribution < 1.29 is 14.3 Å². The van der Waals surface area contributed by atoms with E-state index in [1.807, 2.05) is 11.8 Å². The highest BCUT2D eigenvalue weighted by atomic mass is 16.5. The van der Waals surface area contributed by atoms with Crippen LogP contribution in [0.1, 0.15) is 13.3 Å². The number of methoxy groups -OCH3 is 1. The van der Waals surface area contributed by atoms with E-state index in [-0.39, 0.29) is 5.71 Å². The molecular weight excluding hydrogens is 274 g/mol. The average molecular weight is 297 g/mol. The zero-order chi connectivity index (χ0) is 15.5. The molecule has 21 heavy (non-hydrogen) atoms. The van der Waals surface area contributed by atoms with E-state index in [9.17, 15) is 4.79 Å². The average Bonchev–Trinajstić information content (AvgIpc) is 2.54.